The molecule has 0 heterocycles. The largest absolute Gasteiger partial charge is 0.846 e. The Morgan fingerprint density at radius 1 is 1.33 bits per heavy atom. The molecule has 3 heteroatoms. The summed E-state index contributed by atoms with van der Waals surface area (Å²) < 4.78 is 0. The number of nitrogens with zero attached hydrogens (tertiary/aromatic N) is 2. The molecule has 0 amide bonds. The molecule has 1 rings (SSSR count). The van der Waals surface area contributed by atoms with Gasteiger partial charge >= 0.3 is 0 Å². The Morgan fingerprint density at radius 2 is 1.93 bits per heavy atom. The van der Waals surface area contributed by atoms with Gasteiger partial charge in [0, 0.05) is 19.6 Å². The van der Waals surface area contributed by atoms with Crippen LogP contribution in [-0.4, -0.2) is 24.0 Å². The summed E-state index contributed by atoms with van der Waals surface area (Å²) in [5, 5.41) is 11.5. The monoisotopic (exact) mass is 205 g/mol. The van der Waals surface area contributed by atoms with Crippen LogP contribution >= 0.6 is 0 Å². The molecule has 3 nitrogen and oxygen atoms in total. The summed E-state index contributed by atoms with van der Waals surface area (Å²) in [5.74, 6) is 0. The Kier molecular flexibility index (Phi) is 4.16. The minimum absolute atomic E-state index is 0.158. The van der Waals surface area contributed by atoms with Crippen LogP contribution in [0.3, 0.4) is 0 Å². The van der Waals surface area contributed by atoms with Crippen molar-refractivity contribution in [3.05, 3.63) is 35.9 Å². The highest BCUT2D eigenvalue weighted by Crippen LogP contribution is 2.07. The first-order valence-corrected chi connectivity index (χ1v) is 5.09. The van der Waals surface area contributed by atoms with Crippen molar-refractivity contribution in [2.45, 2.75) is 26.4 Å². The highest BCUT2D eigenvalue weighted by Gasteiger charge is 2.07. The van der Waals surface area contributed by atoms with E-state index < -0.39 is 0 Å². The van der Waals surface area contributed by atoms with E-state index in [9.17, 15) is 5.11 Å². The molecule has 0 N–H and O–H groups in total. The van der Waals surface area contributed by atoms with Gasteiger partial charge in [-0.1, -0.05) is 30.3 Å². The quantitative estimate of drug-likeness (QED) is 0.550. The van der Waals surface area contributed by atoms with Crippen molar-refractivity contribution in [3.63, 3.8) is 0 Å². The van der Waals surface area contributed by atoms with Crippen molar-refractivity contribution in [2.75, 3.05) is 7.05 Å². The van der Waals surface area contributed by atoms with Gasteiger partial charge in [0.05, 0.1) is 6.02 Å². The first-order valence-electron chi connectivity index (χ1n) is 5.09. The average Bonchev–Trinajstić information content (AvgIpc) is 2.26. The van der Waals surface area contributed by atoms with Gasteiger partial charge < -0.3 is 10.0 Å². The number of hydrogen-bond acceptors (Lipinski definition) is 2. The van der Waals surface area contributed by atoms with E-state index in [1.165, 1.54) is 7.05 Å². The SMILES string of the molecule is CN=C([O-])N(Cc1ccccc1)C(C)C. The van der Waals surface area contributed by atoms with E-state index in [0.29, 0.717) is 6.54 Å². The Morgan fingerprint density at radius 3 is 2.40 bits per heavy atom. The number of hydrogen-bond donors (Lipinski definition) is 0. The molecule has 1 aromatic carbocycles. The Labute approximate surface area is 91.1 Å². The van der Waals surface area contributed by atoms with E-state index in [1.807, 2.05) is 44.2 Å². The van der Waals surface area contributed by atoms with Crippen LogP contribution in [0.1, 0.15) is 19.4 Å². The fourth-order valence-electron chi connectivity index (χ4n) is 1.38. The maximum atomic E-state index is 11.5. The van der Waals surface area contributed by atoms with Gasteiger partial charge in [-0.15, -0.1) is 0 Å². The molecule has 0 saturated carbocycles. The molecule has 0 radical (unpaired) electrons. The normalized spacial score (nSPS) is 11.9. The summed E-state index contributed by atoms with van der Waals surface area (Å²) in [7, 11) is 1.53. The van der Waals surface area contributed by atoms with Crippen molar-refractivity contribution >= 4 is 6.02 Å². The third-order valence-corrected chi connectivity index (χ3v) is 2.26. The number of benzene rings is 1. The molecule has 0 unspecified atom stereocenters. The number of aliphatic imine (C=N–C) groups is 1. The van der Waals surface area contributed by atoms with Gasteiger partial charge in [0.25, 0.3) is 0 Å². The lowest BCUT2D eigenvalue weighted by atomic mass is 10.2. The fourth-order valence-corrected chi connectivity index (χ4v) is 1.38. The lowest BCUT2D eigenvalue weighted by Gasteiger charge is -2.33. The van der Waals surface area contributed by atoms with E-state index >= 15 is 0 Å². The summed E-state index contributed by atoms with van der Waals surface area (Å²) in [6.45, 7) is 4.60. The molecule has 82 valence electrons. The second kappa shape index (κ2) is 5.39. The van der Waals surface area contributed by atoms with Crippen LogP contribution in [0.4, 0.5) is 0 Å². The number of amidine groups is 1. The van der Waals surface area contributed by atoms with Crippen molar-refractivity contribution in [1.29, 1.82) is 0 Å². The summed E-state index contributed by atoms with van der Waals surface area (Å²) >= 11 is 0. The van der Waals surface area contributed by atoms with Crippen molar-refractivity contribution in [2.24, 2.45) is 4.99 Å². The van der Waals surface area contributed by atoms with E-state index in [0.717, 1.165) is 5.56 Å². The second-order valence-corrected chi connectivity index (χ2v) is 3.71. The molecule has 0 aromatic heterocycles. The minimum atomic E-state index is -0.158. The summed E-state index contributed by atoms with van der Waals surface area (Å²) in [6, 6.07) is 9.95. The summed E-state index contributed by atoms with van der Waals surface area (Å²) in [6.07, 6.45) is 0. The van der Waals surface area contributed by atoms with E-state index in [4.69, 9.17) is 0 Å². The zero-order valence-electron chi connectivity index (χ0n) is 9.47. The fraction of sp³-hybridized carbons (Fsp3) is 0.417. The molecule has 0 fully saturated rings. The Bertz CT molecular complexity index is 320. The zero-order valence-corrected chi connectivity index (χ0v) is 9.47. The number of rotatable bonds is 3. The molecular formula is C12H17N2O-. The van der Waals surface area contributed by atoms with Crippen LogP contribution in [0, 0.1) is 0 Å². The first-order chi connectivity index (χ1) is 7.15. The first kappa shape index (κ1) is 11.6. The molecule has 0 bridgehead atoms. The highest BCUT2D eigenvalue weighted by atomic mass is 16.3. The third kappa shape index (κ3) is 3.27. The van der Waals surface area contributed by atoms with Crippen LogP contribution in [0.25, 0.3) is 0 Å². The molecule has 0 aliphatic heterocycles. The van der Waals surface area contributed by atoms with Crippen molar-refractivity contribution in [1.82, 2.24) is 4.90 Å². The van der Waals surface area contributed by atoms with Crippen LogP contribution in [0.15, 0.2) is 35.3 Å². The molecule has 0 aliphatic carbocycles. The highest BCUT2D eigenvalue weighted by molar-refractivity contribution is 5.69. The molecule has 0 spiro atoms. The van der Waals surface area contributed by atoms with Gasteiger partial charge in [0.2, 0.25) is 0 Å². The molecule has 1 aromatic rings. The van der Waals surface area contributed by atoms with Gasteiger partial charge in [-0.25, -0.2) is 0 Å². The predicted octanol–water partition coefficient (Wildman–Crippen LogP) is 1.24. The van der Waals surface area contributed by atoms with E-state index in [2.05, 4.69) is 4.99 Å². The topological polar surface area (TPSA) is 38.7 Å². The molecule has 0 saturated heterocycles. The standard InChI is InChI=1S/C12H18N2O/c1-10(2)14(12(15)13-3)9-11-7-5-4-6-8-11/h4-8,10H,9H2,1-3H3,(H,13,15)/p-1. The Balaban J connectivity index is 2.76. The lowest BCUT2D eigenvalue weighted by molar-refractivity contribution is -0.237. The van der Waals surface area contributed by atoms with Gasteiger partial charge in [-0.05, 0) is 19.4 Å². The molecule has 0 atom stereocenters. The van der Waals surface area contributed by atoms with Crippen molar-refractivity contribution < 1.29 is 5.11 Å². The third-order valence-electron chi connectivity index (χ3n) is 2.26. The second-order valence-electron chi connectivity index (χ2n) is 3.71. The minimum Gasteiger partial charge on any atom is -0.846 e. The van der Waals surface area contributed by atoms with Crippen LogP contribution in [0.2, 0.25) is 0 Å². The predicted molar refractivity (Wildman–Crippen MR) is 60.5 cm³/mol. The van der Waals surface area contributed by atoms with Gasteiger partial charge in [0.15, 0.2) is 0 Å². The summed E-state index contributed by atoms with van der Waals surface area (Å²) in [5.41, 5.74) is 1.13. The van der Waals surface area contributed by atoms with Crippen molar-refractivity contribution in [3.8, 4) is 0 Å². The zero-order chi connectivity index (χ0) is 11.3. The van der Waals surface area contributed by atoms with Gasteiger partial charge in [-0.2, -0.15) is 0 Å². The maximum absolute atomic E-state index is 11.5. The smallest absolute Gasteiger partial charge is 0.0500 e. The lowest BCUT2D eigenvalue weighted by Crippen LogP contribution is -2.43. The van der Waals surface area contributed by atoms with Crippen LogP contribution in [0.5, 0.6) is 0 Å². The van der Waals surface area contributed by atoms with Crippen LogP contribution in [-0.2, 0) is 6.54 Å². The molecular weight excluding hydrogens is 188 g/mol. The Hall–Kier alpha value is -1.51. The van der Waals surface area contributed by atoms with E-state index in [1.54, 1.807) is 4.90 Å². The molecule has 0 aliphatic rings. The molecule has 15 heavy (non-hydrogen) atoms. The maximum Gasteiger partial charge on any atom is 0.0500 e. The average molecular weight is 205 g/mol. The van der Waals surface area contributed by atoms with Gasteiger partial charge in [0.1, 0.15) is 0 Å². The van der Waals surface area contributed by atoms with E-state index in [-0.39, 0.29) is 12.1 Å². The van der Waals surface area contributed by atoms with Gasteiger partial charge in [-0.3, -0.25) is 4.99 Å². The summed E-state index contributed by atoms with van der Waals surface area (Å²) in [4.78, 5) is 5.44. The van der Waals surface area contributed by atoms with Crippen LogP contribution < -0.4 is 5.11 Å².